The number of carboxylic acids is 1. The summed E-state index contributed by atoms with van der Waals surface area (Å²) in [6, 6.07) is 25.9. The number of carboxylic acid groups (broad SMARTS) is 1. The number of amides is 1. The van der Waals surface area contributed by atoms with Crippen molar-refractivity contribution < 1.29 is 42.4 Å². The van der Waals surface area contributed by atoms with Crippen LogP contribution in [-0.2, 0) is 9.59 Å². The van der Waals surface area contributed by atoms with Crippen LogP contribution in [-0.4, -0.2) is 102 Å². The number of aliphatic hydroxyl groups is 1. The molecule has 3 N–H and O–H groups in total. The Hall–Kier alpha value is -6.19. The fraction of sp³-hybridized carbons (Fsp3) is 0.362. The fourth-order valence-corrected chi connectivity index (χ4v) is 8.42. The summed E-state index contributed by atoms with van der Waals surface area (Å²) in [7, 11) is 0. The van der Waals surface area contributed by atoms with Crippen molar-refractivity contribution >= 4 is 23.5 Å². The van der Waals surface area contributed by atoms with E-state index < -0.39 is 23.9 Å². The van der Waals surface area contributed by atoms with Crippen molar-refractivity contribution in [3.63, 3.8) is 0 Å². The molecule has 1 amide bonds. The Kier molecular flexibility index (Phi) is 13.2. The lowest BCUT2D eigenvalue weighted by Gasteiger charge is -2.30. The molecule has 2 aromatic heterocycles. The van der Waals surface area contributed by atoms with Gasteiger partial charge in [-0.1, -0.05) is 12.1 Å². The molecular weight excluding hydrogens is 802 g/mol. The van der Waals surface area contributed by atoms with Gasteiger partial charge in [-0.2, -0.15) is 0 Å². The summed E-state index contributed by atoms with van der Waals surface area (Å²) in [5, 5.41) is 23.5. The van der Waals surface area contributed by atoms with Gasteiger partial charge in [-0.05, 0) is 129 Å². The Morgan fingerprint density at radius 1 is 0.726 bits per heavy atom. The summed E-state index contributed by atoms with van der Waals surface area (Å²) in [6.07, 6.45) is 2.28. The molecule has 62 heavy (non-hydrogen) atoms. The van der Waals surface area contributed by atoms with Crippen LogP contribution in [0.2, 0.25) is 0 Å². The Morgan fingerprint density at radius 2 is 1.27 bits per heavy atom. The maximum atomic E-state index is 14.8. The Balaban J connectivity index is 0.000000211. The number of fused-ring (bicyclic) bond motifs is 1. The first kappa shape index (κ1) is 42.5. The number of likely N-dealkylation sites (tertiary alicyclic amines) is 1. The number of anilines is 2. The summed E-state index contributed by atoms with van der Waals surface area (Å²) < 4.78 is 52.1. The van der Waals surface area contributed by atoms with Crippen molar-refractivity contribution in [2.75, 3.05) is 68.8 Å². The minimum Gasteiger partial charge on any atom is -0.486 e. The molecule has 0 radical (unpaired) electrons. The molecule has 0 spiro atoms. The third kappa shape index (κ3) is 10.1. The van der Waals surface area contributed by atoms with Gasteiger partial charge >= 0.3 is 5.97 Å². The first-order chi connectivity index (χ1) is 30.1. The normalized spacial score (nSPS) is 19.4. The number of carbonyl (C=O) groups excluding carboxylic acids is 1. The molecule has 324 valence electrons. The number of ether oxygens (including phenoxy) is 2. The number of halogens is 3. The summed E-state index contributed by atoms with van der Waals surface area (Å²) in [5.74, 6) is -0.876. The second-order valence-electron chi connectivity index (χ2n) is 16.1. The van der Waals surface area contributed by atoms with Crippen molar-refractivity contribution in [2.45, 2.75) is 37.8 Å². The van der Waals surface area contributed by atoms with E-state index in [0.29, 0.717) is 57.7 Å². The van der Waals surface area contributed by atoms with Crippen LogP contribution in [0.15, 0.2) is 97.1 Å². The maximum absolute atomic E-state index is 14.8. The largest absolute Gasteiger partial charge is 0.486 e. The van der Waals surface area contributed by atoms with Gasteiger partial charge in [0.25, 0.3) is 0 Å². The summed E-state index contributed by atoms with van der Waals surface area (Å²) >= 11 is 0. The van der Waals surface area contributed by atoms with E-state index in [0.717, 1.165) is 60.1 Å². The number of nitrogens with zero attached hydrogens (tertiary/aromatic N) is 5. The second kappa shape index (κ2) is 19.2. The molecule has 4 aliphatic rings. The minimum absolute atomic E-state index is 0.0514. The van der Waals surface area contributed by atoms with Crippen molar-refractivity contribution in [1.29, 1.82) is 0 Å². The highest BCUT2D eigenvalue weighted by Crippen LogP contribution is 2.37. The number of nitrogens with one attached hydrogen (secondary N) is 1. The van der Waals surface area contributed by atoms with Gasteiger partial charge in [-0.25, -0.2) is 23.1 Å². The molecule has 15 heteroatoms. The van der Waals surface area contributed by atoms with E-state index in [2.05, 4.69) is 20.1 Å². The van der Waals surface area contributed by atoms with E-state index in [4.69, 9.17) is 19.6 Å². The van der Waals surface area contributed by atoms with Crippen LogP contribution in [0, 0.1) is 29.3 Å². The molecule has 0 aliphatic carbocycles. The third-order valence-electron chi connectivity index (χ3n) is 11.8. The number of pyridine rings is 2. The third-order valence-corrected chi connectivity index (χ3v) is 11.8. The van der Waals surface area contributed by atoms with Crippen LogP contribution in [0.1, 0.15) is 37.4 Å². The van der Waals surface area contributed by atoms with Gasteiger partial charge in [0.05, 0.1) is 29.3 Å². The van der Waals surface area contributed by atoms with E-state index in [1.165, 1.54) is 30.3 Å². The number of hydrogen-bond donors (Lipinski definition) is 3. The zero-order valence-corrected chi connectivity index (χ0v) is 34.1. The lowest BCUT2D eigenvalue weighted by molar-refractivity contribution is -0.141. The number of hydrogen-bond acceptors (Lipinski definition) is 10. The van der Waals surface area contributed by atoms with Crippen molar-refractivity contribution in [3.8, 4) is 34.0 Å². The zero-order valence-electron chi connectivity index (χ0n) is 34.1. The monoisotopic (exact) mass is 850 g/mol. The highest BCUT2D eigenvalue weighted by atomic mass is 19.1. The highest BCUT2D eigenvalue weighted by molar-refractivity contribution is 5.80. The lowest BCUT2D eigenvalue weighted by Crippen LogP contribution is -2.48. The van der Waals surface area contributed by atoms with Crippen LogP contribution in [0.25, 0.3) is 22.5 Å². The van der Waals surface area contributed by atoms with Gasteiger partial charge in [-0.3, -0.25) is 9.59 Å². The van der Waals surface area contributed by atoms with Gasteiger partial charge in [0.1, 0.15) is 42.6 Å². The van der Waals surface area contributed by atoms with Crippen LogP contribution in [0.5, 0.6) is 11.5 Å². The van der Waals surface area contributed by atoms with Crippen molar-refractivity contribution in [2.24, 2.45) is 11.8 Å². The van der Waals surface area contributed by atoms with Crippen LogP contribution in [0.3, 0.4) is 0 Å². The topological polar surface area (TPSA) is 141 Å². The summed E-state index contributed by atoms with van der Waals surface area (Å²) in [4.78, 5) is 40.1. The van der Waals surface area contributed by atoms with Gasteiger partial charge in [-0.15, -0.1) is 0 Å². The minimum atomic E-state index is -1.13. The molecule has 0 bridgehead atoms. The second-order valence-corrected chi connectivity index (χ2v) is 16.1. The summed E-state index contributed by atoms with van der Waals surface area (Å²) in [5.41, 5.74) is 3.48. The van der Waals surface area contributed by atoms with E-state index in [1.807, 2.05) is 41.3 Å². The Bertz CT molecular complexity index is 2350. The fourth-order valence-electron chi connectivity index (χ4n) is 8.42. The highest BCUT2D eigenvalue weighted by Gasteiger charge is 2.34. The number of carbonyl (C=O) groups is 2. The van der Waals surface area contributed by atoms with Crippen LogP contribution < -0.4 is 24.6 Å². The number of aliphatic hydroxyl groups excluding tert-OH is 1. The molecule has 6 heterocycles. The van der Waals surface area contributed by atoms with Crippen LogP contribution in [0.4, 0.5) is 24.8 Å². The summed E-state index contributed by atoms with van der Waals surface area (Å²) in [6.45, 7) is 5.13. The number of aromatic nitrogens is 2. The Labute approximate surface area is 357 Å². The number of rotatable bonds is 11. The van der Waals surface area contributed by atoms with Gasteiger partial charge in [0, 0.05) is 43.9 Å². The smallest absolute Gasteiger partial charge is 0.308 e. The van der Waals surface area contributed by atoms with E-state index >= 15 is 0 Å². The SMILES string of the molecule is O=C(N[C@H](CN1CCCC1)[C@H](O)c1cc(F)c2c(c1)OCCO2)[C@@H]1CCN(c2cccc(-c3ccc(F)cc3)n2)C1.O=C(O)[C@@H]1CCN(c2cccc(-c3ccc(F)cc3)n2)C1. The molecule has 0 saturated carbocycles. The van der Waals surface area contributed by atoms with Gasteiger partial charge < -0.3 is 39.7 Å². The average molecular weight is 851 g/mol. The molecule has 0 unspecified atom stereocenters. The number of benzene rings is 3. The molecule has 3 aromatic carbocycles. The standard InChI is InChI=1S/C31H34F2N4O4.C16H15FN2O2/c32-23-8-6-20(7-9-23)25-4-3-5-28(34-25)37-13-10-21(18-37)31(39)35-26(19-36-11-1-2-12-36)29(38)22-16-24(33)30-27(17-22)40-14-15-41-30;17-13-6-4-11(5-7-13)14-2-1-3-15(18-14)19-9-8-12(10-19)16(20)21/h3-9,16-17,21,26,29,38H,1-2,10-15,18-19H2,(H,35,39);1-7,12H,8-10H2,(H,20,21)/t21-,26-,29-;12-/m11/s1. The molecule has 5 aromatic rings. The molecule has 3 saturated heterocycles. The molecule has 4 aliphatic heterocycles. The number of aliphatic carboxylic acids is 1. The van der Waals surface area contributed by atoms with Gasteiger partial charge in [0.15, 0.2) is 17.3 Å². The maximum Gasteiger partial charge on any atom is 0.308 e. The lowest BCUT2D eigenvalue weighted by atomic mass is 9.99. The quantitative estimate of drug-likeness (QED) is 0.130. The van der Waals surface area contributed by atoms with Crippen molar-refractivity contribution in [1.82, 2.24) is 20.2 Å². The predicted octanol–water partition coefficient (Wildman–Crippen LogP) is 6.74. The van der Waals surface area contributed by atoms with Crippen molar-refractivity contribution in [3.05, 3.63) is 120 Å². The first-order valence-corrected chi connectivity index (χ1v) is 21.1. The first-order valence-electron chi connectivity index (χ1n) is 21.1. The van der Waals surface area contributed by atoms with Gasteiger partial charge in [0.2, 0.25) is 5.91 Å². The molecule has 12 nitrogen and oxygen atoms in total. The molecule has 9 rings (SSSR count). The zero-order chi connectivity index (χ0) is 43.2. The molecular formula is C47H49F3N6O6. The van der Waals surface area contributed by atoms with E-state index in [1.54, 1.807) is 30.3 Å². The molecule has 3 fully saturated rings. The van der Waals surface area contributed by atoms with Crippen LogP contribution >= 0.6 is 0 Å². The van der Waals surface area contributed by atoms with E-state index in [9.17, 15) is 27.9 Å². The Morgan fingerprint density at radius 3 is 1.84 bits per heavy atom. The molecule has 4 atom stereocenters. The average Bonchev–Trinajstić information content (AvgIpc) is 4.11. The van der Waals surface area contributed by atoms with E-state index in [-0.39, 0.29) is 47.5 Å². The predicted molar refractivity (Wildman–Crippen MR) is 227 cm³/mol.